The Kier molecular flexibility index (Phi) is 4.57. The second-order valence-electron chi connectivity index (χ2n) is 6.37. The van der Waals surface area contributed by atoms with Crippen LogP contribution in [-0.2, 0) is 14.9 Å². The number of carbonyl (C=O) groups is 1. The number of aromatic nitrogens is 2. The van der Waals surface area contributed by atoms with Crippen LogP contribution in [0.5, 0.6) is 0 Å². The van der Waals surface area contributed by atoms with Gasteiger partial charge < -0.3 is 9.64 Å². The highest BCUT2D eigenvalue weighted by molar-refractivity contribution is 5.87. The Hall–Kier alpha value is -2.34. The van der Waals surface area contributed by atoms with Gasteiger partial charge in [0.2, 0.25) is 5.91 Å². The third-order valence-corrected chi connectivity index (χ3v) is 4.37. The summed E-state index contributed by atoms with van der Waals surface area (Å²) in [5.41, 5.74) is 0.767. The highest BCUT2D eigenvalue weighted by Crippen LogP contribution is 2.29. The molecule has 0 radical (unpaired) electrons. The molecule has 1 atom stereocenters. The van der Waals surface area contributed by atoms with Gasteiger partial charge in [-0.25, -0.2) is 4.39 Å². The number of hydrogen-bond donors (Lipinski definition) is 0. The van der Waals surface area contributed by atoms with Crippen molar-refractivity contribution in [3.63, 3.8) is 0 Å². The average Bonchev–Trinajstić information content (AvgIpc) is 2.62. The van der Waals surface area contributed by atoms with E-state index in [9.17, 15) is 9.18 Å². The predicted molar refractivity (Wildman–Crippen MR) is 86.7 cm³/mol. The molecule has 0 N–H and O–H groups in total. The molecule has 1 aliphatic heterocycles. The van der Waals surface area contributed by atoms with Gasteiger partial charge in [-0.1, -0.05) is 12.1 Å². The minimum absolute atomic E-state index is 0.00806. The molecule has 0 bridgehead atoms. The number of hydrogen-bond acceptors (Lipinski definition) is 4. The summed E-state index contributed by atoms with van der Waals surface area (Å²) in [6.45, 7) is 5.12. The summed E-state index contributed by atoms with van der Waals surface area (Å²) in [6, 6.07) is 6.08. The van der Waals surface area contributed by atoms with E-state index in [0.29, 0.717) is 19.7 Å². The first-order valence-corrected chi connectivity index (χ1v) is 7.91. The van der Waals surface area contributed by atoms with E-state index in [2.05, 4.69) is 9.97 Å². The molecular weight excluding hydrogens is 309 g/mol. The Morgan fingerprint density at radius 3 is 2.71 bits per heavy atom. The highest BCUT2D eigenvalue weighted by Gasteiger charge is 2.36. The minimum Gasteiger partial charge on any atom is -0.368 e. The van der Waals surface area contributed by atoms with E-state index in [1.54, 1.807) is 35.6 Å². The predicted octanol–water partition coefficient (Wildman–Crippen LogP) is 2.49. The number of ether oxygens (including phenoxy) is 1. The van der Waals surface area contributed by atoms with E-state index in [1.165, 1.54) is 12.1 Å². The van der Waals surface area contributed by atoms with E-state index < -0.39 is 5.41 Å². The minimum atomic E-state index is -0.738. The quantitative estimate of drug-likeness (QED) is 0.868. The summed E-state index contributed by atoms with van der Waals surface area (Å²) in [4.78, 5) is 23.1. The maximum Gasteiger partial charge on any atom is 0.232 e. The van der Waals surface area contributed by atoms with Crippen molar-refractivity contribution in [3.05, 3.63) is 59.9 Å². The number of morpholine rings is 1. The standard InChI is InChI=1S/C18H20FN3O2/c1-18(2,13-3-5-14(19)6-4-13)17(23)22-9-10-24-16(12-22)15-11-20-7-8-21-15/h3-8,11,16H,9-10,12H2,1-2H3/t16-/m0/s1. The van der Waals surface area contributed by atoms with E-state index in [0.717, 1.165) is 11.3 Å². The van der Waals surface area contributed by atoms with Crippen molar-refractivity contribution in [2.45, 2.75) is 25.4 Å². The van der Waals surface area contributed by atoms with Crippen molar-refractivity contribution in [1.29, 1.82) is 0 Å². The summed E-state index contributed by atoms with van der Waals surface area (Å²) >= 11 is 0. The summed E-state index contributed by atoms with van der Waals surface area (Å²) in [7, 11) is 0. The zero-order chi connectivity index (χ0) is 17.2. The van der Waals surface area contributed by atoms with Crippen molar-refractivity contribution in [1.82, 2.24) is 14.9 Å². The summed E-state index contributed by atoms with van der Waals surface area (Å²) in [5, 5.41) is 0. The first-order chi connectivity index (χ1) is 11.5. The second-order valence-corrected chi connectivity index (χ2v) is 6.37. The lowest BCUT2D eigenvalue weighted by molar-refractivity contribution is -0.144. The number of halogens is 1. The summed E-state index contributed by atoms with van der Waals surface area (Å²) < 4.78 is 18.9. The topological polar surface area (TPSA) is 55.3 Å². The number of rotatable bonds is 3. The van der Waals surface area contributed by atoms with Gasteiger partial charge in [-0.15, -0.1) is 0 Å². The van der Waals surface area contributed by atoms with E-state index in [4.69, 9.17) is 4.74 Å². The second kappa shape index (κ2) is 6.65. The number of carbonyl (C=O) groups excluding carboxylic acids is 1. The SMILES string of the molecule is CC(C)(C(=O)N1CCO[C@H](c2cnccn2)C1)c1ccc(F)cc1. The van der Waals surface area contributed by atoms with Crippen molar-refractivity contribution in [2.24, 2.45) is 0 Å². The first kappa shape index (κ1) is 16.5. The summed E-state index contributed by atoms with van der Waals surface area (Å²) in [6.07, 6.45) is 4.60. The van der Waals surface area contributed by atoms with Crippen LogP contribution < -0.4 is 0 Å². The van der Waals surface area contributed by atoms with Crippen LogP contribution in [0.15, 0.2) is 42.9 Å². The lowest BCUT2D eigenvalue weighted by atomic mass is 9.83. The van der Waals surface area contributed by atoms with Gasteiger partial charge in [-0.2, -0.15) is 0 Å². The Labute approximate surface area is 140 Å². The molecule has 1 aromatic carbocycles. The molecule has 2 aromatic rings. The smallest absolute Gasteiger partial charge is 0.232 e. The number of amides is 1. The van der Waals surface area contributed by atoms with Crippen molar-refractivity contribution in [2.75, 3.05) is 19.7 Å². The van der Waals surface area contributed by atoms with Gasteiger partial charge in [-0.05, 0) is 31.5 Å². The third-order valence-electron chi connectivity index (χ3n) is 4.37. The molecule has 1 aliphatic rings. The Bertz CT molecular complexity index is 704. The van der Waals surface area contributed by atoms with Crippen LogP contribution in [0.2, 0.25) is 0 Å². The molecule has 0 saturated carbocycles. The van der Waals surface area contributed by atoms with Crippen LogP contribution in [0, 0.1) is 5.82 Å². The molecule has 1 saturated heterocycles. The molecule has 6 heteroatoms. The van der Waals surface area contributed by atoms with Gasteiger partial charge in [0.1, 0.15) is 11.9 Å². The number of benzene rings is 1. The fraction of sp³-hybridized carbons (Fsp3) is 0.389. The number of nitrogens with zero attached hydrogens (tertiary/aromatic N) is 3. The molecule has 0 aliphatic carbocycles. The van der Waals surface area contributed by atoms with Gasteiger partial charge in [0, 0.05) is 18.9 Å². The maximum atomic E-state index is 13.1. The largest absolute Gasteiger partial charge is 0.368 e. The van der Waals surface area contributed by atoms with Crippen LogP contribution in [0.3, 0.4) is 0 Å². The lowest BCUT2D eigenvalue weighted by Crippen LogP contribution is -2.49. The zero-order valence-corrected chi connectivity index (χ0v) is 13.8. The summed E-state index contributed by atoms with van der Waals surface area (Å²) in [5.74, 6) is -0.317. The van der Waals surface area contributed by atoms with Crippen molar-refractivity contribution in [3.8, 4) is 0 Å². The Morgan fingerprint density at radius 1 is 1.29 bits per heavy atom. The molecule has 1 amide bonds. The molecule has 0 unspecified atom stereocenters. The molecule has 3 rings (SSSR count). The maximum absolute atomic E-state index is 13.1. The van der Waals surface area contributed by atoms with Gasteiger partial charge in [0.25, 0.3) is 0 Å². The van der Waals surface area contributed by atoms with Crippen LogP contribution >= 0.6 is 0 Å². The van der Waals surface area contributed by atoms with Gasteiger partial charge in [0.05, 0.1) is 30.5 Å². The first-order valence-electron chi connectivity index (χ1n) is 7.91. The normalized spacial score (nSPS) is 18.5. The zero-order valence-electron chi connectivity index (χ0n) is 13.8. The molecule has 2 heterocycles. The fourth-order valence-corrected chi connectivity index (χ4v) is 2.87. The van der Waals surface area contributed by atoms with E-state index in [1.807, 2.05) is 13.8 Å². The molecule has 1 fully saturated rings. The van der Waals surface area contributed by atoms with Gasteiger partial charge in [-0.3, -0.25) is 14.8 Å². The Balaban J connectivity index is 1.77. The van der Waals surface area contributed by atoms with Crippen LogP contribution in [0.1, 0.15) is 31.2 Å². The highest BCUT2D eigenvalue weighted by atomic mass is 19.1. The van der Waals surface area contributed by atoms with Crippen LogP contribution in [-0.4, -0.2) is 40.5 Å². The molecular formula is C18H20FN3O2. The average molecular weight is 329 g/mol. The van der Waals surface area contributed by atoms with E-state index in [-0.39, 0.29) is 17.8 Å². The van der Waals surface area contributed by atoms with Crippen molar-refractivity contribution >= 4 is 5.91 Å². The molecule has 1 aromatic heterocycles. The Morgan fingerprint density at radius 2 is 2.04 bits per heavy atom. The molecule has 5 nitrogen and oxygen atoms in total. The van der Waals surface area contributed by atoms with Crippen LogP contribution in [0.4, 0.5) is 4.39 Å². The fourth-order valence-electron chi connectivity index (χ4n) is 2.87. The van der Waals surface area contributed by atoms with Gasteiger partial charge in [0.15, 0.2) is 0 Å². The lowest BCUT2D eigenvalue weighted by Gasteiger charge is -2.37. The van der Waals surface area contributed by atoms with E-state index >= 15 is 0 Å². The molecule has 126 valence electrons. The van der Waals surface area contributed by atoms with Crippen molar-refractivity contribution < 1.29 is 13.9 Å². The monoisotopic (exact) mass is 329 g/mol. The molecule has 24 heavy (non-hydrogen) atoms. The third kappa shape index (κ3) is 3.28. The van der Waals surface area contributed by atoms with Gasteiger partial charge >= 0.3 is 0 Å². The molecule has 0 spiro atoms. The van der Waals surface area contributed by atoms with Crippen LogP contribution in [0.25, 0.3) is 0 Å².